The van der Waals surface area contributed by atoms with Crippen molar-refractivity contribution in [1.29, 1.82) is 0 Å². The highest BCUT2D eigenvalue weighted by molar-refractivity contribution is 5.94. The molecule has 1 heterocycles. The molecule has 0 saturated heterocycles. The lowest BCUT2D eigenvalue weighted by Gasteiger charge is -2.19. The molecule has 3 N–H and O–H groups in total. The molecule has 2 amide bonds. The first-order chi connectivity index (χ1) is 20.4. The summed E-state index contributed by atoms with van der Waals surface area (Å²) in [6.45, 7) is 7.26. The molecule has 0 aliphatic heterocycles. The second kappa shape index (κ2) is 13.1. The molecule has 1 atom stereocenters. The highest BCUT2D eigenvalue weighted by Crippen LogP contribution is 2.23. The summed E-state index contributed by atoms with van der Waals surface area (Å²) in [5.74, 6) is 3.47. The lowest BCUT2D eigenvalue weighted by Crippen LogP contribution is -2.42. The molecule has 3 aromatic carbocycles. The molecule has 0 fully saturated rings. The van der Waals surface area contributed by atoms with Crippen LogP contribution in [0.25, 0.3) is 11.3 Å². The lowest BCUT2D eigenvalue weighted by molar-refractivity contribution is -0.139. The van der Waals surface area contributed by atoms with E-state index in [1.165, 1.54) is 18.2 Å². The summed E-state index contributed by atoms with van der Waals surface area (Å²) >= 11 is 0. The quantitative estimate of drug-likeness (QED) is 0.212. The number of aliphatic carboxylic acids is 1. The summed E-state index contributed by atoms with van der Waals surface area (Å²) in [6, 6.07) is 20.2. The van der Waals surface area contributed by atoms with Gasteiger partial charge in [0, 0.05) is 23.2 Å². The zero-order valence-corrected chi connectivity index (χ0v) is 24.2. The van der Waals surface area contributed by atoms with Crippen molar-refractivity contribution >= 4 is 23.7 Å². The van der Waals surface area contributed by atoms with E-state index in [1.54, 1.807) is 57.2 Å². The number of nitrogens with one attached hydrogen (secondary N) is 2. The van der Waals surface area contributed by atoms with Crippen molar-refractivity contribution in [3.05, 3.63) is 113 Å². The van der Waals surface area contributed by atoms with Gasteiger partial charge in [0.25, 0.3) is 5.91 Å². The first kappa shape index (κ1) is 30.6. The van der Waals surface area contributed by atoms with Crippen LogP contribution in [-0.4, -0.2) is 34.7 Å². The Labute approximate surface area is 248 Å². The van der Waals surface area contributed by atoms with Gasteiger partial charge >= 0.3 is 12.1 Å². The molecule has 0 saturated carbocycles. The van der Waals surface area contributed by atoms with E-state index >= 15 is 0 Å². The molecule has 0 bridgehead atoms. The average molecular weight is 583 g/mol. The predicted octanol–water partition coefficient (Wildman–Crippen LogP) is 6.57. The number of halogens is 1. The Balaban J connectivity index is 1.38. The number of anilines is 1. The fraction of sp³-hybridized carbons (Fsp3) is 0.206. The normalized spacial score (nSPS) is 11.6. The van der Waals surface area contributed by atoms with Crippen LogP contribution < -0.4 is 10.6 Å². The Bertz CT molecular complexity index is 1690. The number of hydrogen-bond donors (Lipinski definition) is 3. The second-order valence-electron chi connectivity index (χ2n) is 10.9. The number of aryl methyl sites for hydroxylation is 1. The van der Waals surface area contributed by atoms with Gasteiger partial charge in [0.15, 0.2) is 5.76 Å². The Hall–Kier alpha value is -5.36. The number of carboxylic acid groups (broad SMARTS) is 1. The topological polar surface area (TPSA) is 118 Å². The van der Waals surface area contributed by atoms with Crippen molar-refractivity contribution in [2.45, 2.75) is 45.8 Å². The number of amides is 2. The summed E-state index contributed by atoms with van der Waals surface area (Å²) in [4.78, 5) is 36.5. The SMILES string of the molecule is Cc1ccc(-c2ccc(C(=O)NC(Cc3ccc(C#Cc4ccc(NC(=O)OC(C)(C)C)cc4)c(F)c3)C(=O)O)o2)cc1. The van der Waals surface area contributed by atoms with E-state index in [2.05, 4.69) is 22.5 Å². The summed E-state index contributed by atoms with van der Waals surface area (Å²) < 4.78 is 25.7. The molecule has 4 rings (SSSR count). The number of furan rings is 1. The lowest BCUT2D eigenvalue weighted by atomic mass is 10.0. The van der Waals surface area contributed by atoms with Crippen LogP contribution in [0, 0.1) is 24.6 Å². The third kappa shape index (κ3) is 8.81. The number of benzene rings is 3. The van der Waals surface area contributed by atoms with E-state index in [1.807, 2.05) is 31.2 Å². The first-order valence-corrected chi connectivity index (χ1v) is 13.5. The van der Waals surface area contributed by atoms with Crippen molar-refractivity contribution in [2.75, 3.05) is 5.32 Å². The van der Waals surface area contributed by atoms with E-state index in [-0.39, 0.29) is 17.7 Å². The molecule has 0 spiro atoms. The Morgan fingerprint density at radius 3 is 2.28 bits per heavy atom. The zero-order valence-electron chi connectivity index (χ0n) is 24.2. The number of ether oxygens (including phenoxy) is 1. The Kier molecular flexibility index (Phi) is 9.31. The Morgan fingerprint density at radius 2 is 1.65 bits per heavy atom. The molecule has 0 radical (unpaired) electrons. The van der Waals surface area contributed by atoms with Crippen molar-refractivity contribution in [3.8, 4) is 23.2 Å². The fourth-order valence-corrected chi connectivity index (χ4v) is 3.98. The van der Waals surface area contributed by atoms with Crippen LogP contribution in [0.4, 0.5) is 14.9 Å². The van der Waals surface area contributed by atoms with Gasteiger partial charge in [-0.3, -0.25) is 10.1 Å². The van der Waals surface area contributed by atoms with Crippen molar-refractivity contribution in [2.24, 2.45) is 0 Å². The third-order valence-electron chi connectivity index (χ3n) is 6.11. The number of carbonyl (C=O) groups excluding carboxylic acids is 2. The monoisotopic (exact) mass is 582 g/mol. The van der Waals surface area contributed by atoms with Crippen LogP contribution in [0.5, 0.6) is 0 Å². The zero-order chi connectivity index (χ0) is 31.1. The maximum absolute atomic E-state index is 14.8. The first-order valence-electron chi connectivity index (χ1n) is 13.5. The molecule has 1 unspecified atom stereocenters. The van der Waals surface area contributed by atoms with Gasteiger partial charge in [-0.2, -0.15) is 0 Å². The van der Waals surface area contributed by atoms with E-state index in [9.17, 15) is 23.9 Å². The maximum atomic E-state index is 14.8. The maximum Gasteiger partial charge on any atom is 0.412 e. The number of rotatable bonds is 7. The van der Waals surface area contributed by atoms with Crippen molar-refractivity contribution < 1.29 is 33.0 Å². The highest BCUT2D eigenvalue weighted by Gasteiger charge is 2.23. The minimum Gasteiger partial charge on any atom is -0.480 e. The van der Waals surface area contributed by atoms with Gasteiger partial charge in [-0.1, -0.05) is 47.7 Å². The molecule has 9 heteroatoms. The number of carbonyl (C=O) groups is 3. The fourth-order valence-electron chi connectivity index (χ4n) is 3.98. The van der Waals surface area contributed by atoms with Crippen LogP contribution in [0.1, 0.15) is 53.6 Å². The van der Waals surface area contributed by atoms with E-state index in [0.29, 0.717) is 22.6 Å². The average Bonchev–Trinajstić information content (AvgIpc) is 3.43. The van der Waals surface area contributed by atoms with Crippen LogP contribution in [0.2, 0.25) is 0 Å². The summed E-state index contributed by atoms with van der Waals surface area (Å²) in [5, 5.41) is 14.8. The molecule has 1 aromatic heterocycles. The molecule has 220 valence electrons. The summed E-state index contributed by atoms with van der Waals surface area (Å²) in [5.41, 5.74) is 2.84. The predicted molar refractivity (Wildman–Crippen MR) is 160 cm³/mol. The number of hydrogen-bond acceptors (Lipinski definition) is 5. The summed E-state index contributed by atoms with van der Waals surface area (Å²) in [7, 11) is 0. The standard InChI is InChI=1S/C34H31FN2O6/c1-21-5-11-25(12-6-21)29-17-18-30(42-29)31(38)37-28(32(39)40)20-23-8-14-24(27(35)19-23)13-7-22-9-15-26(16-10-22)36-33(41)43-34(2,3)4/h5-6,8-12,14-19,28H,20H2,1-4H3,(H,36,41)(H,37,38)(H,39,40). The molecule has 8 nitrogen and oxygen atoms in total. The highest BCUT2D eigenvalue weighted by atomic mass is 19.1. The third-order valence-corrected chi connectivity index (χ3v) is 6.11. The van der Waals surface area contributed by atoms with E-state index < -0.39 is 35.4 Å². The van der Waals surface area contributed by atoms with Crippen LogP contribution in [0.15, 0.2) is 83.3 Å². The van der Waals surface area contributed by atoms with Gasteiger partial charge < -0.3 is 19.6 Å². The van der Waals surface area contributed by atoms with Gasteiger partial charge in [0.2, 0.25) is 0 Å². The van der Waals surface area contributed by atoms with Crippen LogP contribution in [-0.2, 0) is 16.0 Å². The van der Waals surface area contributed by atoms with Crippen molar-refractivity contribution in [3.63, 3.8) is 0 Å². The summed E-state index contributed by atoms with van der Waals surface area (Å²) in [6.07, 6.45) is -0.727. The van der Waals surface area contributed by atoms with Crippen LogP contribution in [0.3, 0.4) is 0 Å². The second-order valence-corrected chi connectivity index (χ2v) is 10.9. The molecule has 43 heavy (non-hydrogen) atoms. The van der Waals surface area contributed by atoms with Gasteiger partial charge in [0.1, 0.15) is 23.2 Å². The molecular weight excluding hydrogens is 551 g/mol. The Morgan fingerprint density at radius 1 is 0.953 bits per heavy atom. The smallest absolute Gasteiger partial charge is 0.412 e. The van der Waals surface area contributed by atoms with Gasteiger partial charge in [-0.05, 0) is 81.8 Å². The van der Waals surface area contributed by atoms with E-state index in [4.69, 9.17) is 9.15 Å². The number of carboxylic acids is 1. The van der Waals surface area contributed by atoms with Gasteiger partial charge in [-0.15, -0.1) is 0 Å². The molecule has 4 aromatic rings. The van der Waals surface area contributed by atoms with Gasteiger partial charge in [-0.25, -0.2) is 14.0 Å². The molecular formula is C34H31FN2O6. The molecule has 0 aliphatic carbocycles. The minimum atomic E-state index is -1.32. The van der Waals surface area contributed by atoms with Gasteiger partial charge in [0.05, 0.1) is 5.56 Å². The van der Waals surface area contributed by atoms with Crippen molar-refractivity contribution in [1.82, 2.24) is 5.32 Å². The minimum absolute atomic E-state index is 0.0349. The largest absolute Gasteiger partial charge is 0.480 e. The van der Waals surface area contributed by atoms with E-state index in [0.717, 1.165) is 11.1 Å². The molecule has 0 aliphatic rings. The van der Waals surface area contributed by atoms with Crippen LogP contribution >= 0.6 is 0 Å².